The standard InChI is InChI=1S/C12H19N3O/c1-8(2)10-7-11(9-3-4-9)15-12(14-10)13-5-6-16/h7-9,16H,3-6H2,1-2H3,(H,13,14,15). The largest absolute Gasteiger partial charge is 0.395 e. The van der Waals surface area contributed by atoms with E-state index in [1.54, 1.807) is 0 Å². The molecule has 0 amide bonds. The molecular weight excluding hydrogens is 202 g/mol. The molecule has 0 atom stereocenters. The van der Waals surface area contributed by atoms with Gasteiger partial charge in [-0.05, 0) is 24.8 Å². The number of hydrogen-bond donors (Lipinski definition) is 2. The van der Waals surface area contributed by atoms with Crippen LogP contribution in [0.1, 0.15) is 49.9 Å². The van der Waals surface area contributed by atoms with Crippen LogP contribution in [0.3, 0.4) is 0 Å². The SMILES string of the molecule is CC(C)c1cc(C2CC2)nc(NCCO)n1. The smallest absolute Gasteiger partial charge is 0.223 e. The zero-order valence-corrected chi connectivity index (χ0v) is 9.90. The van der Waals surface area contributed by atoms with Crippen LogP contribution >= 0.6 is 0 Å². The minimum atomic E-state index is 0.105. The first-order valence-electron chi connectivity index (χ1n) is 5.94. The minimum absolute atomic E-state index is 0.105. The van der Waals surface area contributed by atoms with E-state index in [0.717, 1.165) is 11.4 Å². The first-order chi connectivity index (χ1) is 7.70. The number of hydrogen-bond acceptors (Lipinski definition) is 4. The third kappa shape index (κ3) is 2.70. The maximum Gasteiger partial charge on any atom is 0.223 e. The van der Waals surface area contributed by atoms with Crippen LogP contribution in [0.2, 0.25) is 0 Å². The third-order valence-corrected chi connectivity index (χ3v) is 2.75. The summed E-state index contributed by atoms with van der Waals surface area (Å²) in [5.41, 5.74) is 2.23. The zero-order valence-electron chi connectivity index (χ0n) is 9.90. The Labute approximate surface area is 96.1 Å². The van der Waals surface area contributed by atoms with Crippen molar-refractivity contribution in [2.75, 3.05) is 18.5 Å². The van der Waals surface area contributed by atoms with E-state index >= 15 is 0 Å². The fourth-order valence-electron chi connectivity index (χ4n) is 1.62. The molecule has 0 saturated heterocycles. The lowest BCUT2D eigenvalue weighted by Crippen LogP contribution is -2.11. The topological polar surface area (TPSA) is 58.0 Å². The summed E-state index contributed by atoms with van der Waals surface area (Å²) in [7, 11) is 0. The lowest BCUT2D eigenvalue weighted by atomic mass is 10.1. The molecule has 2 rings (SSSR count). The quantitative estimate of drug-likeness (QED) is 0.797. The zero-order chi connectivity index (χ0) is 11.5. The van der Waals surface area contributed by atoms with E-state index in [0.29, 0.717) is 24.3 Å². The van der Waals surface area contributed by atoms with Crippen molar-refractivity contribution in [1.82, 2.24) is 9.97 Å². The van der Waals surface area contributed by atoms with Crippen LogP contribution in [0.4, 0.5) is 5.95 Å². The number of nitrogens with one attached hydrogen (secondary N) is 1. The molecule has 0 aliphatic heterocycles. The fraction of sp³-hybridized carbons (Fsp3) is 0.667. The molecule has 1 heterocycles. The molecule has 4 nitrogen and oxygen atoms in total. The van der Waals surface area contributed by atoms with Gasteiger partial charge in [-0.3, -0.25) is 0 Å². The third-order valence-electron chi connectivity index (χ3n) is 2.75. The van der Waals surface area contributed by atoms with Gasteiger partial charge >= 0.3 is 0 Å². The molecule has 0 bridgehead atoms. The number of aliphatic hydroxyl groups is 1. The molecule has 1 aliphatic rings. The van der Waals surface area contributed by atoms with Gasteiger partial charge in [-0.1, -0.05) is 13.8 Å². The molecule has 1 saturated carbocycles. The highest BCUT2D eigenvalue weighted by Crippen LogP contribution is 2.39. The fourth-order valence-corrected chi connectivity index (χ4v) is 1.62. The molecule has 0 radical (unpaired) electrons. The van der Waals surface area contributed by atoms with Crippen molar-refractivity contribution >= 4 is 5.95 Å². The lowest BCUT2D eigenvalue weighted by molar-refractivity contribution is 0.310. The molecule has 1 aliphatic carbocycles. The van der Waals surface area contributed by atoms with E-state index < -0.39 is 0 Å². The summed E-state index contributed by atoms with van der Waals surface area (Å²) in [5, 5.41) is 11.8. The Hall–Kier alpha value is -1.16. The van der Waals surface area contributed by atoms with E-state index in [1.165, 1.54) is 12.8 Å². The van der Waals surface area contributed by atoms with Crippen molar-refractivity contribution in [3.05, 3.63) is 17.5 Å². The van der Waals surface area contributed by atoms with Crippen LogP contribution in [0.25, 0.3) is 0 Å². The monoisotopic (exact) mass is 221 g/mol. The minimum Gasteiger partial charge on any atom is -0.395 e. The van der Waals surface area contributed by atoms with Gasteiger partial charge in [0.2, 0.25) is 5.95 Å². The summed E-state index contributed by atoms with van der Waals surface area (Å²) in [6.07, 6.45) is 2.49. The average Bonchev–Trinajstić information content (AvgIpc) is 3.09. The molecule has 4 heteroatoms. The Morgan fingerprint density at radius 1 is 1.44 bits per heavy atom. The molecule has 1 fully saturated rings. The van der Waals surface area contributed by atoms with E-state index in [-0.39, 0.29) is 6.61 Å². The first-order valence-corrected chi connectivity index (χ1v) is 5.94. The van der Waals surface area contributed by atoms with Crippen LogP contribution in [-0.2, 0) is 0 Å². The first kappa shape index (κ1) is 11.3. The van der Waals surface area contributed by atoms with E-state index in [2.05, 4.69) is 35.2 Å². The van der Waals surface area contributed by atoms with Crippen molar-refractivity contribution in [2.45, 2.75) is 38.5 Å². The summed E-state index contributed by atoms with van der Waals surface area (Å²) in [5.74, 6) is 1.70. The number of rotatable bonds is 5. The van der Waals surface area contributed by atoms with Crippen molar-refractivity contribution in [1.29, 1.82) is 0 Å². The Kier molecular flexibility index (Phi) is 3.39. The summed E-state index contributed by atoms with van der Waals surface area (Å²) in [6.45, 7) is 4.88. The van der Waals surface area contributed by atoms with Gasteiger partial charge in [-0.15, -0.1) is 0 Å². The van der Waals surface area contributed by atoms with Crippen LogP contribution in [0, 0.1) is 0 Å². The Morgan fingerprint density at radius 2 is 2.19 bits per heavy atom. The Bertz CT molecular complexity index is 341. The predicted octanol–water partition coefficient (Wildman–Crippen LogP) is 1.88. The van der Waals surface area contributed by atoms with Gasteiger partial charge in [-0.25, -0.2) is 9.97 Å². The van der Waals surface area contributed by atoms with Crippen LogP contribution in [0.15, 0.2) is 6.07 Å². The van der Waals surface area contributed by atoms with Crippen molar-refractivity contribution in [3.63, 3.8) is 0 Å². The maximum absolute atomic E-state index is 8.78. The summed E-state index contributed by atoms with van der Waals surface area (Å²) < 4.78 is 0. The molecule has 2 N–H and O–H groups in total. The van der Waals surface area contributed by atoms with Gasteiger partial charge < -0.3 is 10.4 Å². The molecule has 0 spiro atoms. The summed E-state index contributed by atoms with van der Waals surface area (Å²) in [6, 6.07) is 2.12. The molecule has 0 aromatic carbocycles. The molecule has 1 aromatic heterocycles. The Morgan fingerprint density at radius 3 is 2.75 bits per heavy atom. The van der Waals surface area contributed by atoms with Crippen molar-refractivity contribution < 1.29 is 5.11 Å². The summed E-state index contributed by atoms with van der Waals surface area (Å²) in [4.78, 5) is 8.93. The van der Waals surface area contributed by atoms with Crippen LogP contribution in [-0.4, -0.2) is 28.2 Å². The number of anilines is 1. The second-order valence-electron chi connectivity index (χ2n) is 4.62. The maximum atomic E-state index is 8.78. The summed E-state index contributed by atoms with van der Waals surface area (Å²) >= 11 is 0. The van der Waals surface area contributed by atoms with E-state index in [1.807, 2.05) is 0 Å². The molecule has 0 unspecified atom stereocenters. The van der Waals surface area contributed by atoms with Gasteiger partial charge in [0.15, 0.2) is 0 Å². The number of nitrogens with zero attached hydrogens (tertiary/aromatic N) is 2. The average molecular weight is 221 g/mol. The lowest BCUT2D eigenvalue weighted by Gasteiger charge is -2.10. The van der Waals surface area contributed by atoms with Gasteiger partial charge in [0.05, 0.1) is 6.61 Å². The highest BCUT2D eigenvalue weighted by atomic mass is 16.3. The van der Waals surface area contributed by atoms with E-state index in [9.17, 15) is 0 Å². The number of aromatic nitrogens is 2. The molecule has 1 aromatic rings. The predicted molar refractivity (Wildman–Crippen MR) is 63.7 cm³/mol. The Balaban J connectivity index is 2.21. The highest BCUT2D eigenvalue weighted by molar-refractivity contribution is 5.32. The molecule has 88 valence electrons. The highest BCUT2D eigenvalue weighted by Gasteiger charge is 2.26. The van der Waals surface area contributed by atoms with Gasteiger partial charge in [0.1, 0.15) is 0 Å². The van der Waals surface area contributed by atoms with Crippen molar-refractivity contribution in [2.24, 2.45) is 0 Å². The number of aliphatic hydroxyl groups excluding tert-OH is 1. The van der Waals surface area contributed by atoms with Gasteiger partial charge in [0.25, 0.3) is 0 Å². The normalized spacial score (nSPS) is 15.5. The molecular formula is C12H19N3O. The second kappa shape index (κ2) is 4.78. The van der Waals surface area contributed by atoms with Crippen LogP contribution in [0.5, 0.6) is 0 Å². The van der Waals surface area contributed by atoms with Gasteiger partial charge in [0, 0.05) is 23.9 Å². The van der Waals surface area contributed by atoms with Gasteiger partial charge in [-0.2, -0.15) is 0 Å². The second-order valence-corrected chi connectivity index (χ2v) is 4.62. The molecule has 16 heavy (non-hydrogen) atoms. The van der Waals surface area contributed by atoms with E-state index in [4.69, 9.17) is 5.11 Å². The van der Waals surface area contributed by atoms with Crippen molar-refractivity contribution in [3.8, 4) is 0 Å². The van der Waals surface area contributed by atoms with Crippen LogP contribution < -0.4 is 5.32 Å².